The first-order valence-corrected chi connectivity index (χ1v) is 9.70. The lowest BCUT2D eigenvalue weighted by Crippen LogP contribution is -2.10. The molecule has 0 saturated heterocycles. The Labute approximate surface area is 167 Å². The highest BCUT2D eigenvalue weighted by Gasteiger charge is 2.20. The summed E-state index contributed by atoms with van der Waals surface area (Å²) in [5, 5.41) is 0. The first kappa shape index (κ1) is 16.1. The number of imidazole rings is 2. The van der Waals surface area contributed by atoms with Crippen molar-refractivity contribution in [3.63, 3.8) is 0 Å². The topological polar surface area (TPSA) is 44.9 Å². The third-order valence-corrected chi connectivity index (χ3v) is 5.44. The zero-order valence-electron chi connectivity index (χ0n) is 15.7. The standard InChI is InChI=1S/C24H18N4O/c1-2-7-23-22(6-1)26-24-21-15-20(9-8-17(21)10-12-28(23)24)29-19-5-3-4-18(14-19)27-13-11-25-16-27/h1-9,11,13-16H,10,12H2. The Bertz CT molecular complexity index is 1330. The van der Waals surface area contributed by atoms with E-state index in [1.807, 2.05) is 47.2 Å². The van der Waals surface area contributed by atoms with Gasteiger partial charge in [0.25, 0.3) is 0 Å². The molecule has 5 aromatic rings. The number of aromatic nitrogens is 4. The van der Waals surface area contributed by atoms with Crippen LogP contribution in [0.15, 0.2) is 85.5 Å². The number of hydrogen-bond acceptors (Lipinski definition) is 3. The minimum Gasteiger partial charge on any atom is -0.457 e. The second-order valence-corrected chi connectivity index (χ2v) is 7.21. The van der Waals surface area contributed by atoms with E-state index in [1.165, 1.54) is 11.1 Å². The number of aryl methyl sites for hydroxylation is 2. The van der Waals surface area contributed by atoms with E-state index in [4.69, 9.17) is 9.72 Å². The molecule has 0 fully saturated rings. The Hall–Kier alpha value is -3.86. The van der Waals surface area contributed by atoms with Crippen molar-refractivity contribution in [2.24, 2.45) is 0 Å². The summed E-state index contributed by atoms with van der Waals surface area (Å²) in [6, 6.07) is 22.6. The number of para-hydroxylation sites is 2. The second-order valence-electron chi connectivity index (χ2n) is 7.21. The van der Waals surface area contributed by atoms with E-state index < -0.39 is 0 Å². The van der Waals surface area contributed by atoms with E-state index >= 15 is 0 Å². The van der Waals surface area contributed by atoms with Crippen LogP contribution in [0.3, 0.4) is 0 Å². The number of hydrogen-bond donors (Lipinski definition) is 0. The number of fused-ring (bicyclic) bond motifs is 5. The molecule has 0 unspecified atom stereocenters. The second kappa shape index (κ2) is 6.34. The van der Waals surface area contributed by atoms with Crippen molar-refractivity contribution in [2.75, 3.05) is 0 Å². The van der Waals surface area contributed by atoms with Crippen LogP contribution in [0, 0.1) is 0 Å². The molecule has 0 aliphatic carbocycles. The fourth-order valence-electron chi connectivity index (χ4n) is 4.04. The highest BCUT2D eigenvalue weighted by atomic mass is 16.5. The zero-order valence-corrected chi connectivity index (χ0v) is 15.7. The molecule has 140 valence electrons. The van der Waals surface area contributed by atoms with E-state index in [0.717, 1.165) is 47.1 Å². The number of benzene rings is 3. The Kier molecular flexibility index (Phi) is 3.53. The van der Waals surface area contributed by atoms with Crippen molar-refractivity contribution in [1.82, 2.24) is 19.1 Å². The summed E-state index contributed by atoms with van der Waals surface area (Å²) in [6.07, 6.45) is 6.47. The molecule has 6 rings (SSSR count). The van der Waals surface area contributed by atoms with Gasteiger partial charge >= 0.3 is 0 Å². The number of nitrogens with zero attached hydrogens (tertiary/aromatic N) is 4. The summed E-state index contributed by atoms with van der Waals surface area (Å²) in [6.45, 7) is 0.954. The molecule has 5 nitrogen and oxygen atoms in total. The fraction of sp³-hybridized carbons (Fsp3) is 0.0833. The van der Waals surface area contributed by atoms with Crippen LogP contribution >= 0.6 is 0 Å². The van der Waals surface area contributed by atoms with Gasteiger partial charge in [0.2, 0.25) is 0 Å². The molecule has 1 aliphatic rings. The van der Waals surface area contributed by atoms with Gasteiger partial charge in [0.15, 0.2) is 0 Å². The zero-order chi connectivity index (χ0) is 19.2. The largest absolute Gasteiger partial charge is 0.457 e. The van der Waals surface area contributed by atoms with Gasteiger partial charge in [0.05, 0.1) is 23.0 Å². The van der Waals surface area contributed by atoms with Crippen LogP contribution in [-0.2, 0) is 13.0 Å². The Morgan fingerprint density at radius 2 is 1.83 bits per heavy atom. The predicted octanol–water partition coefficient (Wildman–Crippen LogP) is 5.24. The van der Waals surface area contributed by atoms with Gasteiger partial charge in [-0.05, 0) is 48.4 Å². The van der Waals surface area contributed by atoms with Gasteiger partial charge in [-0.3, -0.25) is 0 Å². The van der Waals surface area contributed by atoms with E-state index in [-0.39, 0.29) is 0 Å². The maximum absolute atomic E-state index is 6.20. The van der Waals surface area contributed by atoms with Crippen LogP contribution in [-0.4, -0.2) is 19.1 Å². The lowest BCUT2D eigenvalue weighted by molar-refractivity contribution is 0.482. The molecule has 0 saturated carbocycles. The maximum atomic E-state index is 6.20. The van der Waals surface area contributed by atoms with Crippen LogP contribution < -0.4 is 4.74 Å². The summed E-state index contributed by atoms with van der Waals surface area (Å²) in [4.78, 5) is 9.00. The molecule has 0 N–H and O–H groups in total. The minimum atomic E-state index is 0.792. The number of rotatable bonds is 3. The molecular weight excluding hydrogens is 360 g/mol. The van der Waals surface area contributed by atoms with Crippen molar-refractivity contribution in [2.45, 2.75) is 13.0 Å². The summed E-state index contributed by atoms with van der Waals surface area (Å²) >= 11 is 0. The van der Waals surface area contributed by atoms with Gasteiger partial charge in [-0.2, -0.15) is 0 Å². The molecule has 5 heteroatoms. The van der Waals surface area contributed by atoms with Crippen LogP contribution in [0.1, 0.15) is 5.56 Å². The minimum absolute atomic E-state index is 0.792. The average molecular weight is 378 g/mol. The van der Waals surface area contributed by atoms with Crippen LogP contribution in [0.5, 0.6) is 11.5 Å². The van der Waals surface area contributed by atoms with E-state index in [9.17, 15) is 0 Å². The van der Waals surface area contributed by atoms with Crippen molar-refractivity contribution in [3.8, 4) is 28.6 Å². The van der Waals surface area contributed by atoms with E-state index in [0.29, 0.717) is 0 Å². The smallest absolute Gasteiger partial charge is 0.141 e. The van der Waals surface area contributed by atoms with Gasteiger partial charge in [-0.15, -0.1) is 0 Å². The average Bonchev–Trinajstić information content (AvgIpc) is 3.42. The molecule has 0 amide bonds. The fourth-order valence-corrected chi connectivity index (χ4v) is 4.04. The molecule has 0 radical (unpaired) electrons. The lowest BCUT2D eigenvalue weighted by atomic mass is 10.0. The first-order valence-electron chi connectivity index (χ1n) is 9.70. The van der Waals surface area contributed by atoms with Crippen molar-refractivity contribution in [3.05, 3.63) is 91.0 Å². The monoisotopic (exact) mass is 378 g/mol. The molecule has 3 aromatic carbocycles. The van der Waals surface area contributed by atoms with Crippen LogP contribution in [0.2, 0.25) is 0 Å². The third kappa shape index (κ3) is 2.70. The summed E-state index contributed by atoms with van der Waals surface area (Å²) < 4.78 is 10.5. The Balaban J connectivity index is 1.38. The molecule has 0 bridgehead atoms. The summed E-state index contributed by atoms with van der Waals surface area (Å²) in [5.74, 6) is 2.62. The first-order chi connectivity index (χ1) is 14.3. The molecule has 0 atom stereocenters. The normalized spacial score (nSPS) is 12.6. The van der Waals surface area contributed by atoms with Crippen LogP contribution in [0.4, 0.5) is 0 Å². The van der Waals surface area contributed by atoms with Crippen molar-refractivity contribution in [1.29, 1.82) is 0 Å². The SMILES string of the molecule is c1cc(Oc2ccc3c(c2)-c2nc4ccccc4n2CC3)cc(-n2ccnc2)c1. The highest BCUT2D eigenvalue weighted by molar-refractivity contribution is 5.82. The third-order valence-electron chi connectivity index (χ3n) is 5.44. The van der Waals surface area contributed by atoms with Gasteiger partial charge in [0, 0.05) is 30.6 Å². The molecule has 0 spiro atoms. The van der Waals surface area contributed by atoms with E-state index in [2.05, 4.69) is 39.9 Å². The molecular formula is C24H18N4O. The highest BCUT2D eigenvalue weighted by Crippen LogP contribution is 2.35. The van der Waals surface area contributed by atoms with Crippen LogP contribution in [0.25, 0.3) is 28.1 Å². The number of ether oxygens (including phenoxy) is 1. The quantitative estimate of drug-likeness (QED) is 0.431. The Morgan fingerprint density at radius 1 is 0.897 bits per heavy atom. The van der Waals surface area contributed by atoms with Crippen molar-refractivity contribution < 1.29 is 4.74 Å². The van der Waals surface area contributed by atoms with Gasteiger partial charge in [-0.25, -0.2) is 9.97 Å². The van der Waals surface area contributed by atoms with Gasteiger partial charge < -0.3 is 13.9 Å². The van der Waals surface area contributed by atoms with Crippen molar-refractivity contribution >= 4 is 11.0 Å². The molecule has 1 aliphatic heterocycles. The van der Waals surface area contributed by atoms with E-state index in [1.54, 1.807) is 12.5 Å². The summed E-state index contributed by atoms with van der Waals surface area (Å²) in [7, 11) is 0. The Morgan fingerprint density at radius 3 is 2.76 bits per heavy atom. The molecule has 29 heavy (non-hydrogen) atoms. The van der Waals surface area contributed by atoms with Gasteiger partial charge in [-0.1, -0.05) is 24.3 Å². The molecule has 2 aromatic heterocycles. The van der Waals surface area contributed by atoms with Gasteiger partial charge in [0.1, 0.15) is 17.3 Å². The molecule has 3 heterocycles. The maximum Gasteiger partial charge on any atom is 0.141 e. The summed E-state index contributed by atoms with van der Waals surface area (Å²) in [5.41, 5.74) is 5.70. The lowest BCUT2D eigenvalue weighted by Gasteiger charge is -2.19. The predicted molar refractivity (Wildman–Crippen MR) is 113 cm³/mol.